The second-order valence-corrected chi connectivity index (χ2v) is 7.96. The Kier molecular flexibility index (Phi) is 4.83. The Bertz CT molecular complexity index is 496. The lowest BCUT2D eigenvalue weighted by molar-refractivity contribution is -0.173. The topological polar surface area (TPSA) is 84.5 Å². The van der Waals surface area contributed by atoms with Gasteiger partial charge in [0.25, 0.3) is 5.91 Å². The molecule has 4 rings (SSSR count). The predicted molar refractivity (Wildman–Crippen MR) is 87.9 cm³/mol. The highest BCUT2D eigenvalue weighted by molar-refractivity contribution is 5.88. The first kappa shape index (κ1) is 17.2. The van der Waals surface area contributed by atoms with E-state index in [2.05, 4.69) is 10.6 Å². The Hall–Kier alpha value is -1.59. The molecule has 2 amide bonds. The van der Waals surface area contributed by atoms with E-state index >= 15 is 0 Å². The summed E-state index contributed by atoms with van der Waals surface area (Å²) in [5.74, 6) is 1.12. The van der Waals surface area contributed by atoms with Crippen molar-refractivity contribution >= 4 is 17.8 Å². The first-order valence-electron chi connectivity index (χ1n) is 9.16. The number of amides is 2. The number of hydrogen-bond acceptors (Lipinski definition) is 4. The zero-order valence-electron chi connectivity index (χ0n) is 14.6. The standard InChI is InChI=1S/C18H28N2O4/c1-3-19-16(22)11(2)20-15(21)10-24-17(23)18-7-12-4-13(8-18)6-14(5-12)9-18/h11-14H,3-10H2,1-2H3,(H,19,22)(H,20,21)/t11-,12?,13?,14?,18?/m1/s1. The van der Waals surface area contributed by atoms with Crippen LogP contribution in [-0.2, 0) is 19.1 Å². The molecular weight excluding hydrogens is 308 g/mol. The third-order valence-electron chi connectivity index (χ3n) is 5.93. The summed E-state index contributed by atoms with van der Waals surface area (Å²) in [6.07, 6.45) is 6.56. The monoisotopic (exact) mass is 336 g/mol. The van der Waals surface area contributed by atoms with E-state index in [-0.39, 0.29) is 23.9 Å². The Labute approximate surface area is 143 Å². The summed E-state index contributed by atoms with van der Waals surface area (Å²) in [5.41, 5.74) is -0.347. The first-order valence-corrected chi connectivity index (χ1v) is 9.16. The van der Waals surface area contributed by atoms with Crippen LogP contribution in [0.4, 0.5) is 0 Å². The largest absolute Gasteiger partial charge is 0.455 e. The molecule has 4 fully saturated rings. The van der Waals surface area contributed by atoms with Gasteiger partial charge in [-0.1, -0.05) is 0 Å². The molecule has 0 aromatic rings. The van der Waals surface area contributed by atoms with Crippen LogP contribution in [0.25, 0.3) is 0 Å². The Morgan fingerprint density at radius 3 is 2.12 bits per heavy atom. The quantitative estimate of drug-likeness (QED) is 0.718. The Morgan fingerprint density at radius 2 is 1.62 bits per heavy atom. The van der Waals surface area contributed by atoms with Crippen molar-refractivity contribution in [3.63, 3.8) is 0 Å². The van der Waals surface area contributed by atoms with Crippen LogP contribution in [0.3, 0.4) is 0 Å². The van der Waals surface area contributed by atoms with E-state index in [1.807, 2.05) is 6.92 Å². The third-order valence-corrected chi connectivity index (χ3v) is 5.93. The van der Waals surface area contributed by atoms with E-state index in [0.717, 1.165) is 19.3 Å². The lowest BCUT2D eigenvalue weighted by Gasteiger charge is -2.55. The van der Waals surface area contributed by atoms with Gasteiger partial charge in [0.15, 0.2) is 6.61 Å². The van der Waals surface area contributed by atoms with Crippen molar-refractivity contribution in [3.05, 3.63) is 0 Å². The van der Waals surface area contributed by atoms with E-state index in [1.165, 1.54) is 19.3 Å². The first-order chi connectivity index (χ1) is 11.4. The molecule has 24 heavy (non-hydrogen) atoms. The van der Waals surface area contributed by atoms with E-state index in [1.54, 1.807) is 6.92 Å². The van der Waals surface area contributed by atoms with Crippen molar-refractivity contribution in [1.29, 1.82) is 0 Å². The van der Waals surface area contributed by atoms with Crippen LogP contribution in [-0.4, -0.2) is 37.0 Å². The fraction of sp³-hybridized carbons (Fsp3) is 0.833. The zero-order valence-corrected chi connectivity index (χ0v) is 14.6. The molecule has 6 heteroatoms. The van der Waals surface area contributed by atoms with Crippen LogP contribution in [0.5, 0.6) is 0 Å². The summed E-state index contributed by atoms with van der Waals surface area (Å²) < 4.78 is 5.35. The number of nitrogens with one attached hydrogen (secondary N) is 2. The minimum Gasteiger partial charge on any atom is -0.455 e. The average molecular weight is 336 g/mol. The van der Waals surface area contributed by atoms with Gasteiger partial charge < -0.3 is 15.4 Å². The summed E-state index contributed by atoms with van der Waals surface area (Å²) in [5, 5.41) is 5.21. The second kappa shape index (κ2) is 6.73. The molecule has 0 radical (unpaired) electrons. The van der Waals surface area contributed by atoms with E-state index in [4.69, 9.17) is 4.74 Å². The van der Waals surface area contributed by atoms with Gasteiger partial charge >= 0.3 is 5.97 Å². The number of rotatable bonds is 6. The van der Waals surface area contributed by atoms with Gasteiger partial charge in [0.05, 0.1) is 5.41 Å². The highest BCUT2D eigenvalue weighted by Gasteiger charge is 2.55. The van der Waals surface area contributed by atoms with Gasteiger partial charge in [0.1, 0.15) is 6.04 Å². The highest BCUT2D eigenvalue weighted by Crippen LogP contribution is 2.60. The fourth-order valence-electron chi connectivity index (χ4n) is 5.32. The molecule has 6 nitrogen and oxygen atoms in total. The van der Waals surface area contributed by atoms with Crippen LogP contribution in [0.15, 0.2) is 0 Å². The number of ether oxygens (including phenoxy) is 1. The summed E-state index contributed by atoms with van der Waals surface area (Å²) >= 11 is 0. The van der Waals surface area contributed by atoms with E-state index < -0.39 is 11.9 Å². The Morgan fingerprint density at radius 1 is 1.08 bits per heavy atom. The molecular formula is C18H28N2O4. The number of carbonyl (C=O) groups is 3. The van der Waals surface area contributed by atoms with Crippen LogP contribution >= 0.6 is 0 Å². The van der Waals surface area contributed by atoms with Crippen LogP contribution in [0.1, 0.15) is 52.4 Å². The van der Waals surface area contributed by atoms with Crippen molar-refractivity contribution in [1.82, 2.24) is 10.6 Å². The second-order valence-electron chi connectivity index (χ2n) is 7.96. The van der Waals surface area contributed by atoms with Crippen LogP contribution in [0.2, 0.25) is 0 Å². The fourth-order valence-corrected chi connectivity index (χ4v) is 5.32. The molecule has 2 N–H and O–H groups in total. The number of carbonyl (C=O) groups excluding carboxylic acids is 3. The maximum absolute atomic E-state index is 12.6. The molecule has 0 saturated heterocycles. The van der Waals surface area contributed by atoms with Crippen LogP contribution < -0.4 is 10.6 Å². The number of esters is 1. The van der Waals surface area contributed by atoms with Crippen molar-refractivity contribution < 1.29 is 19.1 Å². The van der Waals surface area contributed by atoms with Gasteiger partial charge in [-0.25, -0.2) is 0 Å². The van der Waals surface area contributed by atoms with Gasteiger partial charge in [-0.3, -0.25) is 14.4 Å². The third kappa shape index (κ3) is 3.42. The number of likely N-dealkylation sites (N-methyl/N-ethyl adjacent to an activating group) is 1. The minimum absolute atomic E-state index is 0.206. The SMILES string of the molecule is CCNC(=O)[C@@H](C)NC(=O)COC(=O)C12CC3CC(CC(C3)C1)C2. The molecule has 4 bridgehead atoms. The maximum atomic E-state index is 12.6. The minimum atomic E-state index is -0.629. The van der Waals surface area contributed by atoms with Gasteiger partial charge in [-0.05, 0) is 70.1 Å². The molecule has 0 aliphatic heterocycles. The van der Waals surface area contributed by atoms with Crippen molar-refractivity contribution in [2.24, 2.45) is 23.2 Å². The van der Waals surface area contributed by atoms with Crippen molar-refractivity contribution in [2.75, 3.05) is 13.2 Å². The zero-order chi connectivity index (χ0) is 17.3. The lowest BCUT2D eigenvalue weighted by Crippen LogP contribution is -2.51. The molecule has 0 unspecified atom stereocenters. The normalized spacial score (nSPS) is 34.5. The van der Waals surface area contributed by atoms with Gasteiger partial charge in [0.2, 0.25) is 5.91 Å². The molecule has 134 valence electrons. The average Bonchev–Trinajstić information content (AvgIpc) is 2.51. The molecule has 4 aliphatic carbocycles. The van der Waals surface area contributed by atoms with Crippen molar-refractivity contribution in [2.45, 2.75) is 58.4 Å². The van der Waals surface area contributed by atoms with Gasteiger partial charge in [-0.2, -0.15) is 0 Å². The van der Waals surface area contributed by atoms with E-state index in [9.17, 15) is 14.4 Å². The number of hydrogen-bond donors (Lipinski definition) is 2. The molecule has 4 aliphatic rings. The van der Waals surface area contributed by atoms with E-state index in [0.29, 0.717) is 24.3 Å². The maximum Gasteiger partial charge on any atom is 0.312 e. The van der Waals surface area contributed by atoms with Crippen LogP contribution in [0, 0.1) is 23.2 Å². The Balaban J connectivity index is 1.49. The molecule has 0 heterocycles. The highest BCUT2D eigenvalue weighted by atomic mass is 16.5. The molecule has 1 atom stereocenters. The molecule has 0 aromatic heterocycles. The summed E-state index contributed by atoms with van der Waals surface area (Å²) in [6.45, 7) is 3.65. The van der Waals surface area contributed by atoms with Crippen molar-refractivity contribution in [3.8, 4) is 0 Å². The summed E-state index contributed by atoms with van der Waals surface area (Å²) in [4.78, 5) is 36.2. The predicted octanol–water partition coefficient (Wildman–Crippen LogP) is 1.39. The smallest absolute Gasteiger partial charge is 0.312 e. The van der Waals surface area contributed by atoms with Gasteiger partial charge in [-0.15, -0.1) is 0 Å². The molecule has 0 spiro atoms. The molecule has 4 saturated carbocycles. The lowest BCUT2D eigenvalue weighted by atomic mass is 9.49. The molecule has 0 aromatic carbocycles. The summed E-state index contributed by atoms with van der Waals surface area (Å²) in [6, 6.07) is -0.629. The van der Waals surface area contributed by atoms with Gasteiger partial charge in [0, 0.05) is 6.54 Å². The summed E-state index contributed by atoms with van der Waals surface area (Å²) in [7, 11) is 0.